The third-order valence-electron chi connectivity index (χ3n) is 7.07. The summed E-state index contributed by atoms with van der Waals surface area (Å²) in [6, 6.07) is 10.9. The summed E-state index contributed by atoms with van der Waals surface area (Å²) in [5, 5.41) is 13.6. The van der Waals surface area contributed by atoms with Crippen LogP contribution in [0.25, 0.3) is 16.6 Å². The number of nitrogens with zero attached hydrogens (tertiary/aromatic N) is 5. The van der Waals surface area contributed by atoms with Gasteiger partial charge in [0, 0.05) is 48.5 Å². The summed E-state index contributed by atoms with van der Waals surface area (Å²) in [5.74, 6) is 1.16. The van der Waals surface area contributed by atoms with Crippen LogP contribution < -0.4 is 10.2 Å². The smallest absolute Gasteiger partial charge is 0.141 e. The van der Waals surface area contributed by atoms with Gasteiger partial charge in [0.15, 0.2) is 0 Å². The highest BCUT2D eigenvalue weighted by atomic mass is 16.5. The Kier molecular flexibility index (Phi) is 5.15. The summed E-state index contributed by atoms with van der Waals surface area (Å²) in [4.78, 5) is 10.00. The van der Waals surface area contributed by atoms with Crippen LogP contribution in [0.15, 0.2) is 42.9 Å². The van der Waals surface area contributed by atoms with Crippen molar-refractivity contribution >= 4 is 27.9 Å². The predicted molar refractivity (Wildman–Crippen MR) is 125 cm³/mol. The zero-order valence-corrected chi connectivity index (χ0v) is 18.2. The van der Waals surface area contributed by atoms with Crippen LogP contribution in [0, 0.1) is 5.92 Å². The Balaban J connectivity index is 1.06. The van der Waals surface area contributed by atoms with Gasteiger partial charge in [-0.05, 0) is 61.9 Å². The van der Waals surface area contributed by atoms with E-state index in [4.69, 9.17) is 4.74 Å². The van der Waals surface area contributed by atoms with E-state index in [0.29, 0.717) is 11.8 Å². The van der Waals surface area contributed by atoms with Gasteiger partial charge in [0.25, 0.3) is 0 Å². The number of H-pyrrole nitrogens is 1. The Morgan fingerprint density at radius 2 is 1.84 bits per heavy atom. The lowest BCUT2D eigenvalue weighted by molar-refractivity contribution is 0.122. The third-order valence-corrected chi connectivity index (χ3v) is 7.07. The molecule has 0 bridgehead atoms. The summed E-state index contributed by atoms with van der Waals surface area (Å²) in [5.41, 5.74) is 5.63. The van der Waals surface area contributed by atoms with Crippen molar-refractivity contribution < 1.29 is 4.74 Å². The number of fused-ring (bicyclic) bond motifs is 3. The van der Waals surface area contributed by atoms with E-state index in [2.05, 4.69) is 60.8 Å². The van der Waals surface area contributed by atoms with E-state index in [-0.39, 0.29) is 0 Å². The Labute approximate surface area is 187 Å². The lowest BCUT2D eigenvalue weighted by atomic mass is 9.80. The van der Waals surface area contributed by atoms with Crippen LogP contribution >= 0.6 is 0 Å². The summed E-state index contributed by atoms with van der Waals surface area (Å²) in [7, 11) is 0. The predicted octanol–water partition coefficient (Wildman–Crippen LogP) is 3.83. The summed E-state index contributed by atoms with van der Waals surface area (Å²) >= 11 is 0. The summed E-state index contributed by atoms with van der Waals surface area (Å²) in [6.07, 6.45) is 8.43. The fraction of sp³-hybridized carbons (Fsp3) is 0.458. The first-order chi connectivity index (χ1) is 15.8. The van der Waals surface area contributed by atoms with Crippen LogP contribution in [-0.2, 0) is 4.74 Å². The van der Waals surface area contributed by atoms with Crippen molar-refractivity contribution in [2.45, 2.75) is 31.6 Å². The molecule has 166 valence electrons. The van der Waals surface area contributed by atoms with E-state index in [0.717, 1.165) is 67.9 Å². The van der Waals surface area contributed by atoms with Gasteiger partial charge < -0.3 is 19.9 Å². The van der Waals surface area contributed by atoms with Gasteiger partial charge in [-0.25, -0.2) is 9.50 Å². The maximum atomic E-state index is 5.45. The van der Waals surface area contributed by atoms with Crippen LogP contribution in [0.4, 0.5) is 11.4 Å². The van der Waals surface area contributed by atoms with Crippen LogP contribution in [-0.4, -0.2) is 57.6 Å². The molecule has 0 radical (unpaired) electrons. The maximum Gasteiger partial charge on any atom is 0.141 e. The van der Waals surface area contributed by atoms with Gasteiger partial charge in [0.2, 0.25) is 0 Å². The van der Waals surface area contributed by atoms with E-state index >= 15 is 0 Å². The quantitative estimate of drug-likeness (QED) is 0.500. The fourth-order valence-electron chi connectivity index (χ4n) is 5.21. The van der Waals surface area contributed by atoms with E-state index in [1.807, 2.05) is 10.7 Å². The molecule has 0 unspecified atom stereocenters. The zero-order chi connectivity index (χ0) is 21.3. The number of morpholine rings is 1. The zero-order valence-electron chi connectivity index (χ0n) is 18.2. The molecule has 1 aliphatic heterocycles. The first kappa shape index (κ1) is 19.5. The van der Waals surface area contributed by atoms with Gasteiger partial charge in [-0.2, -0.15) is 0 Å². The van der Waals surface area contributed by atoms with Crippen LogP contribution in [0.5, 0.6) is 0 Å². The molecule has 8 nitrogen and oxygen atoms in total. The van der Waals surface area contributed by atoms with Gasteiger partial charge in [0.05, 0.1) is 18.9 Å². The SMILES string of the molecule is c1cc2c(ncn3nnc(C4CCC(CNc5ccc(N6CCOCC6)cc5)CC4)c23)[nH]1. The minimum absolute atomic E-state index is 0.469. The molecule has 1 saturated carbocycles. The second-order valence-corrected chi connectivity index (χ2v) is 9.00. The van der Waals surface area contributed by atoms with Gasteiger partial charge in [-0.15, -0.1) is 5.10 Å². The van der Waals surface area contributed by atoms with Gasteiger partial charge in [-0.3, -0.25) is 0 Å². The molecule has 8 heteroatoms. The first-order valence-electron chi connectivity index (χ1n) is 11.7. The number of ether oxygens (including phenoxy) is 1. The Hall–Kier alpha value is -3.13. The standard InChI is InChI=1S/C24H29N7O/c1-3-18(22-23-21-9-10-25-24(21)27-16-31(23)29-28-22)4-2-17(1)15-26-19-5-7-20(8-6-19)30-11-13-32-14-12-30/h5-10,16-18,25-26H,1-4,11-15H2. The van der Waals surface area contributed by atoms with Gasteiger partial charge in [0.1, 0.15) is 17.5 Å². The van der Waals surface area contributed by atoms with Crippen molar-refractivity contribution in [3.05, 3.63) is 48.5 Å². The monoisotopic (exact) mass is 431 g/mol. The number of hydrogen-bond donors (Lipinski definition) is 2. The van der Waals surface area contributed by atoms with Gasteiger partial charge >= 0.3 is 0 Å². The van der Waals surface area contributed by atoms with Crippen LogP contribution in [0.3, 0.4) is 0 Å². The molecule has 0 amide bonds. The second kappa shape index (κ2) is 8.43. The lowest BCUT2D eigenvalue weighted by Gasteiger charge is -2.29. The number of aromatic amines is 1. The van der Waals surface area contributed by atoms with Crippen molar-refractivity contribution in [1.82, 2.24) is 24.8 Å². The lowest BCUT2D eigenvalue weighted by Crippen LogP contribution is -2.36. The number of rotatable bonds is 5. The molecule has 1 saturated heterocycles. The van der Waals surface area contributed by atoms with Crippen molar-refractivity contribution in [3.63, 3.8) is 0 Å². The highest BCUT2D eigenvalue weighted by Crippen LogP contribution is 2.37. The molecular formula is C24H29N7O. The number of benzene rings is 1. The third kappa shape index (κ3) is 3.68. The molecule has 0 atom stereocenters. The molecule has 4 heterocycles. The average Bonchev–Trinajstić information content (AvgIpc) is 3.51. The van der Waals surface area contributed by atoms with Crippen molar-refractivity contribution in [3.8, 4) is 0 Å². The second-order valence-electron chi connectivity index (χ2n) is 9.00. The molecule has 2 N–H and O–H groups in total. The van der Waals surface area contributed by atoms with Gasteiger partial charge in [-0.1, -0.05) is 5.21 Å². The molecule has 1 aliphatic carbocycles. The molecule has 32 heavy (non-hydrogen) atoms. The Morgan fingerprint density at radius 3 is 2.66 bits per heavy atom. The van der Waals surface area contributed by atoms with E-state index in [1.165, 1.54) is 24.2 Å². The minimum Gasteiger partial charge on any atom is -0.385 e. The Morgan fingerprint density at radius 1 is 1.03 bits per heavy atom. The number of nitrogens with one attached hydrogen (secondary N) is 2. The molecule has 2 fully saturated rings. The minimum atomic E-state index is 0.469. The molecule has 0 spiro atoms. The largest absolute Gasteiger partial charge is 0.385 e. The van der Waals surface area contributed by atoms with E-state index in [9.17, 15) is 0 Å². The molecule has 1 aromatic carbocycles. The molecule has 2 aliphatic rings. The normalized spacial score (nSPS) is 21.9. The first-order valence-corrected chi connectivity index (χ1v) is 11.7. The highest BCUT2D eigenvalue weighted by Gasteiger charge is 2.27. The van der Waals surface area contributed by atoms with Crippen LogP contribution in [0.2, 0.25) is 0 Å². The molecule has 3 aromatic heterocycles. The maximum absolute atomic E-state index is 5.45. The van der Waals surface area contributed by atoms with Crippen molar-refractivity contribution in [1.29, 1.82) is 0 Å². The topological polar surface area (TPSA) is 83.4 Å². The van der Waals surface area contributed by atoms with Crippen molar-refractivity contribution in [2.75, 3.05) is 43.1 Å². The fourth-order valence-corrected chi connectivity index (χ4v) is 5.21. The molecule has 6 rings (SSSR count). The van der Waals surface area contributed by atoms with E-state index in [1.54, 1.807) is 6.33 Å². The molecule has 4 aromatic rings. The summed E-state index contributed by atoms with van der Waals surface area (Å²) in [6.45, 7) is 4.62. The van der Waals surface area contributed by atoms with Crippen molar-refractivity contribution in [2.24, 2.45) is 5.92 Å². The average molecular weight is 432 g/mol. The summed E-state index contributed by atoms with van der Waals surface area (Å²) < 4.78 is 7.27. The highest BCUT2D eigenvalue weighted by molar-refractivity contribution is 5.92. The van der Waals surface area contributed by atoms with Crippen LogP contribution in [0.1, 0.15) is 37.3 Å². The number of aromatic nitrogens is 5. The number of hydrogen-bond acceptors (Lipinski definition) is 6. The molecular weight excluding hydrogens is 402 g/mol. The Bertz CT molecular complexity index is 1180. The number of anilines is 2. The van der Waals surface area contributed by atoms with E-state index < -0.39 is 0 Å².